The number of nitrogens with zero attached hydrogens (tertiary/aromatic N) is 1. The largest absolute Gasteiger partial charge is 0.362 e. The van der Waals surface area contributed by atoms with Gasteiger partial charge in [0, 0.05) is 19.1 Å². The lowest BCUT2D eigenvalue weighted by atomic mass is 9.93. The molecule has 96 valence electrons. The number of halogens is 1. The Kier molecular flexibility index (Phi) is 6.05. The molecule has 2 saturated heterocycles. The lowest BCUT2D eigenvalue weighted by Gasteiger charge is -2.36. The van der Waals surface area contributed by atoms with E-state index in [0.29, 0.717) is 12.3 Å². The Balaban J connectivity index is 0.00000128. The minimum absolute atomic E-state index is 0. The number of rotatable bonds is 3. The molecule has 0 amide bonds. The van der Waals surface area contributed by atoms with Gasteiger partial charge in [-0.1, -0.05) is 0 Å². The Morgan fingerprint density at radius 2 is 2.25 bits per heavy atom. The molecule has 0 aromatic carbocycles. The molecular weight excluding hydrogens is 224 g/mol. The lowest BCUT2D eigenvalue weighted by molar-refractivity contribution is 0.0544. The van der Waals surface area contributed by atoms with Crippen LogP contribution in [0.5, 0.6) is 0 Å². The number of likely N-dealkylation sites (tertiary alicyclic amines) is 1. The smallest absolute Gasteiger partial charge is 0.108 e. The average Bonchev–Trinajstić information content (AvgIpc) is 2.71. The van der Waals surface area contributed by atoms with E-state index in [1.165, 1.54) is 32.4 Å². The molecule has 0 radical (unpaired) electrons. The maximum Gasteiger partial charge on any atom is 0.108 e. The SMILES string of the molecule is CC(C)N1CCCC(CC2NCCO2)C1.Cl. The third-order valence-corrected chi connectivity index (χ3v) is 3.62. The fourth-order valence-corrected chi connectivity index (χ4v) is 2.69. The molecule has 2 fully saturated rings. The van der Waals surface area contributed by atoms with Crippen molar-refractivity contribution in [2.24, 2.45) is 5.92 Å². The number of hydrogen-bond donors (Lipinski definition) is 1. The van der Waals surface area contributed by atoms with Crippen LogP contribution >= 0.6 is 12.4 Å². The second kappa shape index (κ2) is 6.80. The van der Waals surface area contributed by atoms with Gasteiger partial charge in [0.25, 0.3) is 0 Å². The second-order valence-corrected chi connectivity index (χ2v) is 5.15. The zero-order chi connectivity index (χ0) is 10.7. The number of nitrogens with one attached hydrogen (secondary N) is 1. The highest BCUT2D eigenvalue weighted by atomic mass is 35.5. The molecule has 0 aromatic heterocycles. The van der Waals surface area contributed by atoms with Crippen LogP contribution in [-0.4, -0.2) is 43.4 Å². The summed E-state index contributed by atoms with van der Waals surface area (Å²) in [6, 6.07) is 0.699. The molecule has 2 unspecified atom stereocenters. The fourth-order valence-electron chi connectivity index (χ4n) is 2.69. The highest BCUT2D eigenvalue weighted by molar-refractivity contribution is 5.85. The molecule has 2 heterocycles. The van der Waals surface area contributed by atoms with Crippen LogP contribution in [0.2, 0.25) is 0 Å². The zero-order valence-electron chi connectivity index (χ0n) is 10.4. The number of ether oxygens (including phenoxy) is 1. The first-order valence-corrected chi connectivity index (χ1v) is 6.34. The highest BCUT2D eigenvalue weighted by Gasteiger charge is 2.25. The Morgan fingerprint density at radius 3 is 2.88 bits per heavy atom. The summed E-state index contributed by atoms with van der Waals surface area (Å²) in [5.41, 5.74) is 0. The van der Waals surface area contributed by atoms with Gasteiger partial charge in [0.15, 0.2) is 0 Å². The van der Waals surface area contributed by atoms with Crippen molar-refractivity contribution in [2.45, 2.75) is 45.4 Å². The van der Waals surface area contributed by atoms with Gasteiger partial charge in [-0.3, -0.25) is 5.32 Å². The Hall–Kier alpha value is 0.170. The summed E-state index contributed by atoms with van der Waals surface area (Å²) in [6.45, 7) is 9.07. The van der Waals surface area contributed by atoms with Crippen molar-refractivity contribution < 1.29 is 4.74 Å². The van der Waals surface area contributed by atoms with Gasteiger partial charge in [-0.25, -0.2) is 0 Å². The van der Waals surface area contributed by atoms with Gasteiger partial charge < -0.3 is 9.64 Å². The minimum Gasteiger partial charge on any atom is -0.362 e. The summed E-state index contributed by atoms with van der Waals surface area (Å²) < 4.78 is 5.62. The lowest BCUT2D eigenvalue weighted by Crippen LogP contribution is -2.41. The molecule has 16 heavy (non-hydrogen) atoms. The molecule has 0 bridgehead atoms. The minimum atomic E-state index is 0. The van der Waals surface area contributed by atoms with E-state index in [0.717, 1.165) is 19.1 Å². The molecular formula is C12H25ClN2O. The third-order valence-electron chi connectivity index (χ3n) is 3.62. The van der Waals surface area contributed by atoms with Crippen LogP contribution in [-0.2, 0) is 4.74 Å². The fraction of sp³-hybridized carbons (Fsp3) is 1.00. The zero-order valence-corrected chi connectivity index (χ0v) is 11.3. The van der Waals surface area contributed by atoms with Gasteiger partial charge in [0.2, 0.25) is 0 Å². The van der Waals surface area contributed by atoms with E-state index in [1.807, 2.05) is 0 Å². The average molecular weight is 249 g/mol. The molecule has 0 spiro atoms. The molecule has 2 rings (SSSR count). The summed E-state index contributed by atoms with van der Waals surface area (Å²) in [4.78, 5) is 2.60. The molecule has 1 N–H and O–H groups in total. The Bertz CT molecular complexity index is 193. The van der Waals surface area contributed by atoms with Crippen molar-refractivity contribution in [3.8, 4) is 0 Å². The van der Waals surface area contributed by atoms with Gasteiger partial charge in [-0.15, -0.1) is 12.4 Å². The number of piperidine rings is 1. The van der Waals surface area contributed by atoms with Gasteiger partial charge in [0.1, 0.15) is 6.23 Å². The van der Waals surface area contributed by atoms with Crippen molar-refractivity contribution in [1.29, 1.82) is 0 Å². The van der Waals surface area contributed by atoms with Gasteiger partial charge in [0.05, 0.1) is 6.61 Å². The van der Waals surface area contributed by atoms with Crippen molar-refractivity contribution in [3.63, 3.8) is 0 Å². The van der Waals surface area contributed by atoms with Crippen LogP contribution in [0.4, 0.5) is 0 Å². The van der Waals surface area contributed by atoms with E-state index < -0.39 is 0 Å². The van der Waals surface area contributed by atoms with Crippen molar-refractivity contribution in [1.82, 2.24) is 10.2 Å². The summed E-state index contributed by atoms with van der Waals surface area (Å²) in [7, 11) is 0. The predicted molar refractivity (Wildman–Crippen MR) is 69.0 cm³/mol. The molecule has 2 aliphatic heterocycles. The molecule has 0 saturated carbocycles. The van der Waals surface area contributed by atoms with E-state index in [1.54, 1.807) is 0 Å². The highest BCUT2D eigenvalue weighted by Crippen LogP contribution is 2.23. The van der Waals surface area contributed by atoms with Crippen molar-refractivity contribution in [2.75, 3.05) is 26.2 Å². The summed E-state index contributed by atoms with van der Waals surface area (Å²) in [6.07, 6.45) is 4.27. The van der Waals surface area contributed by atoms with Crippen LogP contribution in [0.1, 0.15) is 33.1 Å². The molecule has 0 aromatic rings. The Labute approximate surface area is 105 Å². The summed E-state index contributed by atoms with van der Waals surface area (Å²) in [5.74, 6) is 0.830. The van der Waals surface area contributed by atoms with E-state index in [9.17, 15) is 0 Å². The van der Waals surface area contributed by atoms with Crippen LogP contribution in [0.3, 0.4) is 0 Å². The van der Waals surface area contributed by atoms with Crippen molar-refractivity contribution in [3.05, 3.63) is 0 Å². The molecule has 2 aliphatic rings. The van der Waals surface area contributed by atoms with Gasteiger partial charge in [-0.2, -0.15) is 0 Å². The van der Waals surface area contributed by atoms with Crippen LogP contribution in [0.15, 0.2) is 0 Å². The first-order chi connectivity index (χ1) is 7.25. The van der Waals surface area contributed by atoms with E-state index in [2.05, 4.69) is 24.1 Å². The predicted octanol–water partition coefficient (Wildman–Crippen LogP) is 1.86. The summed E-state index contributed by atoms with van der Waals surface area (Å²) in [5, 5.41) is 3.41. The van der Waals surface area contributed by atoms with Crippen LogP contribution < -0.4 is 5.32 Å². The maximum absolute atomic E-state index is 5.62. The van der Waals surface area contributed by atoms with E-state index in [4.69, 9.17) is 4.74 Å². The van der Waals surface area contributed by atoms with Gasteiger partial charge >= 0.3 is 0 Å². The quantitative estimate of drug-likeness (QED) is 0.825. The Morgan fingerprint density at radius 1 is 1.44 bits per heavy atom. The maximum atomic E-state index is 5.62. The van der Waals surface area contributed by atoms with Crippen LogP contribution in [0.25, 0.3) is 0 Å². The van der Waals surface area contributed by atoms with Crippen molar-refractivity contribution >= 4 is 12.4 Å². The number of hydrogen-bond acceptors (Lipinski definition) is 3. The molecule has 0 aliphatic carbocycles. The van der Waals surface area contributed by atoms with Crippen LogP contribution in [0, 0.1) is 5.92 Å². The second-order valence-electron chi connectivity index (χ2n) is 5.15. The van der Waals surface area contributed by atoms with Gasteiger partial charge in [-0.05, 0) is 45.6 Å². The first kappa shape index (κ1) is 14.2. The normalized spacial score (nSPS) is 31.7. The first-order valence-electron chi connectivity index (χ1n) is 6.34. The molecule has 4 heteroatoms. The summed E-state index contributed by atoms with van der Waals surface area (Å²) >= 11 is 0. The molecule has 3 nitrogen and oxygen atoms in total. The molecule has 2 atom stereocenters. The standard InChI is InChI=1S/C12H24N2O.ClH/c1-10(2)14-6-3-4-11(9-14)8-12-13-5-7-15-12;/h10-13H,3-9H2,1-2H3;1H. The van der Waals surface area contributed by atoms with E-state index >= 15 is 0 Å². The van der Waals surface area contributed by atoms with E-state index in [-0.39, 0.29) is 12.4 Å². The monoisotopic (exact) mass is 248 g/mol. The topological polar surface area (TPSA) is 24.5 Å². The third kappa shape index (κ3) is 3.88.